The van der Waals surface area contributed by atoms with E-state index in [1.165, 1.54) is 22.3 Å². The van der Waals surface area contributed by atoms with Gasteiger partial charge in [0.15, 0.2) is 0 Å². The van der Waals surface area contributed by atoms with Gasteiger partial charge in [-0.1, -0.05) is 54.6 Å². The van der Waals surface area contributed by atoms with Gasteiger partial charge >= 0.3 is 0 Å². The monoisotopic (exact) mass is 280 g/mol. The van der Waals surface area contributed by atoms with Crippen LogP contribution < -0.4 is 0 Å². The van der Waals surface area contributed by atoms with Crippen LogP contribution in [0.25, 0.3) is 16.7 Å². The number of epoxide rings is 1. The first-order chi connectivity index (χ1) is 10.2. The lowest BCUT2D eigenvalue weighted by atomic mass is 10.0. The second-order valence-corrected chi connectivity index (χ2v) is 5.39. The standard InChI is InChI=1S/C19H20O2/c1-14(15(2)20-12-19-13-21-19)16-8-10-18(11-9-16)17-6-4-3-5-7-17/h3-11,19H,12-13H2,1-2H3/b15-14-. The number of allylic oxidation sites excluding steroid dienone is 2. The van der Waals surface area contributed by atoms with Crippen LogP contribution in [0.15, 0.2) is 60.4 Å². The minimum absolute atomic E-state index is 0.299. The maximum atomic E-state index is 5.75. The van der Waals surface area contributed by atoms with Crippen LogP contribution in [-0.4, -0.2) is 19.3 Å². The molecule has 0 radical (unpaired) electrons. The molecule has 2 nitrogen and oxygen atoms in total. The van der Waals surface area contributed by atoms with Crippen LogP contribution in [0.1, 0.15) is 19.4 Å². The lowest BCUT2D eigenvalue weighted by Crippen LogP contribution is -2.00. The Bertz CT molecular complexity index is 622. The van der Waals surface area contributed by atoms with Crippen LogP contribution in [0.5, 0.6) is 0 Å². The highest BCUT2D eigenvalue weighted by Gasteiger charge is 2.23. The highest BCUT2D eigenvalue weighted by Crippen LogP contribution is 2.24. The number of ether oxygens (including phenoxy) is 2. The van der Waals surface area contributed by atoms with Gasteiger partial charge < -0.3 is 9.47 Å². The summed E-state index contributed by atoms with van der Waals surface area (Å²) in [6.45, 7) is 5.60. The number of rotatable bonds is 5. The molecule has 1 atom stereocenters. The van der Waals surface area contributed by atoms with Crippen molar-refractivity contribution in [1.29, 1.82) is 0 Å². The van der Waals surface area contributed by atoms with Crippen molar-refractivity contribution in [2.45, 2.75) is 20.0 Å². The first-order valence-electron chi connectivity index (χ1n) is 7.32. The minimum Gasteiger partial charge on any atom is -0.495 e. The third-order valence-corrected chi connectivity index (χ3v) is 3.84. The Labute approximate surface area is 126 Å². The summed E-state index contributed by atoms with van der Waals surface area (Å²) >= 11 is 0. The van der Waals surface area contributed by atoms with E-state index in [1.807, 2.05) is 13.0 Å². The molecule has 108 valence electrons. The second-order valence-electron chi connectivity index (χ2n) is 5.39. The van der Waals surface area contributed by atoms with E-state index in [1.54, 1.807) is 0 Å². The molecule has 1 unspecified atom stereocenters. The van der Waals surface area contributed by atoms with Gasteiger partial charge in [0.05, 0.1) is 12.4 Å². The molecule has 1 saturated heterocycles. The van der Waals surface area contributed by atoms with E-state index in [9.17, 15) is 0 Å². The molecule has 0 spiro atoms. The normalized spacial score (nSPS) is 18.1. The third-order valence-electron chi connectivity index (χ3n) is 3.84. The van der Waals surface area contributed by atoms with Crippen molar-refractivity contribution in [2.24, 2.45) is 0 Å². The molecule has 2 heteroatoms. The fraction of sp³-hybridized carbons (Fsp3) is 0.263. The van der Waals surface area contributed by atoms with Crippen LogP contribution in [-0.2, 0) is 9.47 Å². The van der Waals surface area contributed by atoms with E-state index < -0.39 is 0 Å². The molecule has 0 aliphatic carbocycles. The summed E-state index contributed by atoms with van der Waals surface area (Å²) in [5.41, 5.74) is 4.85. The third kappa shape index (κ3) is 3.53. The molecule has 1 fully saturated rings. The molecule has 2 aromatic rings. The Hall–Kier alpha value is -2.06. The summed E-state index contributed by atoms with van der Waals surface area (Å²) in [6, 6.07) is 19.0. The van der Waals surface area contributed by atoms with Crippen LogP contribution in [0.2, 0.25) is 0 Å². The Morgan fingerprint density at radius 1 is 1.00 bits per heavy atom. The van der Waals surface area contributed by atoms with Gasteiger partial charge in [-0.25, -0.2) is 0 Å². The molecule has 0 aromatic heterocycles. The van der Waals surface area contributed by atoms with Gasteiger partial charge in [0.25, 0.3) is 0 Å². The number of hydrogen-bond acceptors (Lipinski definition) is 2. The average molecular weight is 280 g/mol. The fourth-order valence-corrected chi connectivity index (χ4v) is 2.24. The van der Waals surface area contributed by atoms with Gasteiger partial charge in [-0.15, -0.1) is 0 Å². The van der Waals surface area contributed by atoms with E-state index in [0.29, 0.717) is 12.7 Å². The predicted molar refractivity (Wildman–Crippen MR) is 85.8 cm³/mol. The summed E-state index contributed by atoms with van der Waals surface area (Å²) < 4.78 is 10.9. The molecular formula is C19H20O2. The number of hydrogen-bond donors (Lipinski definition) is 0. The van der Waals surface area contributed by atoms with Gasteiger partial charge in [-0.2, -0.15) is 0 Å². The molecule has 0 saturated carbocycles. The lowest BCUT2D eigenvalue weighted by Gasteiger charge is -2.10. The summed E-state index contributed by atoms with van der Waals surface area (Å²) in [7, 11) is 0. The largest absolute Gasteiger partial charge is 0.495 e. The molecule has 2 aromatic carbocycles. The van der Waals surface area contributed by atoms with Crippen LogP contribution in [0.4, 0.5) is 0 Å². The van der Waals surface area contributed by atoms with Gasteiger partial charge in [0.2, 0.25) is 0 Å². The highest BCUT2D eigenvalue weighted by atomic mass is 16.6. The van der Waals surface area contributed by atoms with Crippen molar-refractivity contribution in [3.8, 4) is 11.1 Å². The Morgan fingerprint density at radius 3 is 2.24 bits per heavy atom. The van der Waals surface area contributed by atoms with Gasteiger partial charge in [-0.3, -0.25) is 0 Å². The zero-order valence-electron chi connectivity index (χ0n) is 12.5. The number of benzene rings is 2. The second kappa shape index (κ2) is 6.15. The Kier molecular flexibility index (Phi) is 4.07. The van der Waals surface area contributed by atoms with E-state index in [2.05, 4.69) is 55.5 Å². The molecule has 1 aliphatic heterocycles. The van der Waals surface area contributed by atoms with Crippen molar-refractivity contribution in [2.75, 3.05) is 13.2 Å². The topological polar surface area (TPSA) is 21.8 Å². The molecule has 0 N–H and O–H groups in total. The minimum atomic E-state index is 0.299. The van der Waals surface area contributed by atoms with Gasteiger partial charge in [0.1, 0.15) is 12.7 Å². The van der Waals surface area contributed by atoms with Gasteiger partial charge in [0, 0.05) is 0 Å². The van der Waals surface area contributed by atoms with E-state index in [0.717, 1.165) is 12.4 Å². The maximum absolute atomic E-state index is 5.75. The molecule has 1 heterocycles. The summed E-state index contributed by atoms with van der Waals surface area (Å²) in [4.78, 5) is 0. The SMILES string of the molecule is C/C(OCC1CO1)=C(\C)c1ccc(-c2ccccc2)cc1. The van der Waals surface area contributed by atoms with E-state index in [4.69, 9.17) is 9.47 Å². The van der Waals surface area contributed by atoms with Crippen molar-refractivity contribution in [3.05, 3.63) is 65.9 Å². The lowest BCUT2D eigenvalue weighted by molar-refractivity contribution is 0.186. The zero-order chi connectivity index (χ0) is 14.7. The molecule has 21 heavy (non-hydrogen) atoms. The Balaban J connectivity index is 1.75. The van der Waals surface area contributed by atoms with Crippen molar-refractivity contribution in [1.82, 2.24) is 0 Å². The first kappa shape index (κ1) is 13.9. The predicted octanol–water partition coefficient (Wildman–Crippen LogP) is 4.52. The molecule has 3 rings (SSSR count). The van der Waals surface area contributed by atoms with E-state index in [-0.39, 0.29) is 0 Å². The quantitative estimate of drug-likeness (QED) is 0.593. The molecular weight excluding hydrogens is 260 g/mol. The van der Waals surface area contributed by atoms with Crippen LogP contribution in [0.3, 0.4) is 0 Å². The molecule has 1 aliphatic rings. The maximum Gasteiger partial charge on any atom is 0.116 e. The van der Waals surface area contributed by atoms with Crippen molar-refractivity contribution < 1.29 is 9.47 Å². The Morgan fingerprint density at radius 2 is 1.62 bits per heavy atom. The zero-order valence-corrected chi connectivity index (χ0v) is 12.5. The van der Waals surface area contributed by atoms with Gasteiger partial charge in [-0.05, 0) is 36.1 Å². The highest BCUT2D eigenvalue weighted by molar-refractivity contribution is 5.70. The summed E-state index contributed by atoms with van der Waals surface area (Å²) in [5.74, 6) is 0.970. The summed E-state index contributed by atoms with van der Waals surface area (Å²) in [5, 5.41) is 0. The van der Waals surface area contributed by atoms with Crippen LogP contribution >= 0.6 is 0 Å². The fourth-order valence-electron chi connectivity index (χ4n) is 2.24. The average Bonchev–Trinajstić information content (AvgIpc) is 3.37. The molecule has 0 bridgehead atoms. The van der Waals surface area contributed by atoms with Crippen molar-refractivity contribution in [3.63, 3.8) is 0 Å². The smallest absolute Gasteiger partial charge is 0.116 e. The summed E-state index contributed by atoms with van der Waals surface area (Å²) in [6.07, 6.45) is 0.299. The van der Waals surface area contributed by atoms with Crippen molar-refractivity contribution >= 4 is 5.57 Å². The van der Waals surface area contributed by atoms with Crippen LogP contribution in [0, 0.1) is 0 Å². The molecule has 0 amide bonds. The van der Waals surface area contributed by atoms with E-state index >= 15 is 0 Å². The first-order valence-corrected chi connectivity index (χ1v) is 7.32.